The molecule has 2 aliphatic rings. The van der Waals surface area contributed by atoms with Gasteiger partial charge in [0.15, 0.2) is 5.60 Å². The van der Waals surface area contributed by atoms with E-state index in [0.717, 1.165) is 12.0 Å². The van der Waals surface area contributed by atoms with Crippen LogP contribution in [0.2, 0.25) is 0 Å². The van der Waals surface area contributed by atoms with E-state index < -0.39 is 10.5 Å². The topological polar surface area (TPSA) is 72.7 Å². The molecule has 2 aromatic carbocycles. The van der Waals surface area contributed by atoms with Crippen molar-refractivity contribution in [1.82, 2.24) is 0 Å². The van der Waals surface area contributed by atoms with E-state index in [-0.39, 0.29) is 17.6 Å². The predicted octanol–water partition coefficient (Wildman–Crippen LogP) is 3.23. The molecule has 6 heteroatoms. The Morgan fingerprint density at radius 1 is 1.12 bits per heavy atom. The zero-order valence-electron chi connectivity index (χ0n) is 12.9. The van der Waals surface area contributed by atoms with Crippen LogP contribution in [0.5, 0.6) is 0 Å². The lowest BCUT2D eigenvalue weighted by Gasteiger charge is -2.53. The number of anilines is 1. The molecule has 2 saturated heterocycles. The molecule has 0 saturated carbocycles. The monoisotopic (exact) mass is 324 g/mol. The van der Waals surface area contributed by atoms with Crippen molar-refractivity contribution in [2.45, 2.75) is 24.5 Å². The summed E-state index contributed by atoms with van der Waals surface area (Å²) < 4.78 is 5.87. The smallest absolute Gasteiger partial charge is 0.269 e. The van der Waals surface area contributed by atoms with E-state index in [9.17, 15) is 14.9 Å². The molecule has 1 spiro atoms. The highest BCUT2D eigenvalue weighted by molar-refractivity contribution is 6.08. The van der Waals surface area contributed by atoms with Crippen LogP contribution in [-0.4, -0.2) is 23.0 Å². The Bertz CT molecular complexity index is 782. The molecule has 2 fully saturated rings. The van der Waals surface area contributed by atoms with Crippen LogP contribution >= 0.6 is 0 Å². The van der Waals surface area contributed by atoms with Gasteiger partial charge in [0, 0.05) is 24.4 Å². The van der Waals surface area contributed by atoms with E-state index in [1.807, 2.05) is 30.3 Å². The van der Waals surface area contributed by atoms with Crippen LogP contribution < -0.4 is 4.90 Å². The normalized spacial score (nSPS) is 25.8. The first kappa shape index (κ1) is 14.8. The zero-order valence-corrected chi connectivity index (χ0v) is 12.9. The van der Waals surface area contributed by atoms with Gasteiger partial charge in [0.2, 0.25) is 0 Å². The Morgan fingerprint density at radius 3 is 2.42 bits per heavy atom. The van der Waals surface area contributed by atoms with Crippen LogP contribution in [0.1, 0.15) is 24.4 Å². The number of rotatable bonds is 3. The van der Waals surface area contributed by atoms with Gasteiger partial charge in [-0.1, -0.05) is 30.3 Å². The number of hydrogen-bond donors (Lipinski definition) is 0. The molecule has 2 aliphatic heterocycles. The van der Waals surface area contributed by atoms with Crippen molar-refractivity contribution < 1.29 is 14.5 Å². The SMILES string of the molecule is O=C1N(c2ccc([N+](=O)[O-])cc2)[C@@H](c2ccccc2)[C@]12CCCO2. The summed E-state index contributed by atoms with van der Waals surface area (Å²) in [5.74, 6) is -0.0669. The third-order valence-corrected chi connectivity index (χ3v) is 4.79. The van der Waals surface area contributed by atoms with Crippen LogP contribution in [0.15, 0.2) is 54.6 Å². The zero-order chi connectivity index (χ0) is 16.7. The molecule has 0 radical (unpaired) electrons. The van der Waals surface area contributed by atoms with E-state index >= 15 is 0 Å². The van der Waals surface area contributed by atoms with Gasteiger partial charge in [-0.25, -0.2) is 0 Å². The van der Waals surface area contributed by atoms with Crippen molar-refractivity contribution in [1.29, 1.82) is 0 Å². The highest BCUT2D eigenvalue weighted by atomic mass is 16.6. The number of non-ortho nitro benzene ring substituents is 1. The Kier molecular flexibility index (Phi) is 3.35. The third kappa shape index (κ3) is 2.03. The van der Waals surface area contributed by atoms with Crippen LogP contribution in [0.3, 0.4) is 0 Å². The number of hydrogen-bond acceptors (Lipinski definition) is 4. The first-order chi connectivity index (χ1) is 11.6. The van der Waals surface area contributed by atoms with E-state index in [4.69, 9.17) is 4.74 Å². The fourth-order valence-corrected chi connectivity index (χ4v) is 3.68. The minimum atomic E-state index is -0.789. The Balaban J connectivity index is 1.74. The number of benzene rings is 2. The Morgan fingerprint density at radius 2 is 1.83 bits per heavy atom. The molecule has 0 bridgehead atoms. The molecule has 2 heterocycles. The Labute approximate surface area is 138 Å². The first-order valence-corrected chi connectivity index (χ1v) is 7.90. The van der Waals surface area contributed by atoms with Crippen molar-refractivity contribution in [3.63, 3.8) is 0 Å². The summed E-state index contributed by atoms with van der Waals surface area (Å²) in [6.45, 7) is 0.586. The van der Waals surface area contributed by atoms with Crippen LogP contribution in [-0.2, 0) is 9.53 Å². The summed E-state index contributed by atoms with van der Waals surface area (Å²) in [6.07, 6.45) is 1.57. The summed E-state index contributed by atoms with van der Waals surface area (Å²) in [4.78, 5) is 24.9. The molecule has 0 N–H and O–H groups in total. The fraction of sp³-hybridized carbons (Fsp3) is 0.278. The average Bonchev–Trinajstić information content (AvgIpc) is 3.12. The highest BCUT2D eigenvalue weighted by Crippen LogP contribution is 2.52. The summed E-state index contributed by atoms with van der Waals surface area (Å²) in [5, 5.41) is 10.8. The molecule has 1 amide bonds. The van der Waals surface area contributed by atoms with E-state index in [1.54, 1.807) is 17.0 Å². The molecule has 0 aliphatic carbocycles. The molecule has 4 rings (SSSR count). The maximum absolute atomic E-state index is 12.9. The maximum Gasteiger partial charge on any atom is 0.269 e. The van der Waals surface area contributed by atoms with Gasteiger partial charge in [-0.2, -0.15) is 0 Å². The molecule has 2 atom stereocenters. The fourth-order valence-electron chi connectivity index (χ4n) is 3.68. The van der Waals surface area contributed by atoms with Crippen molar-refractivity contribution >= 4 is 17.3 Å². The lowest BCUT2D eigenvalue weighted by atomic mass is 9.75. The average molecular weight is 324 g/mol. The first-order valence-electron chi connectivity index (χ1n) is 7.90. The van der Waals surface area contributed by atoms with Crippen molar-refractivity contribution in [3.8, 4) is 0 Å². The second-order valence-electron chi connectivity index (χ2n) is 6.10. The Hall–Kier alpha value is -2.73. The number of carbonyl (C=O) groups excluding carboxylic acids is 1. The summed E-state index contributed by atoms with van der Waals surface area (Å²) >= 11 is 0. The predicted molar refractivity (Wildman–Crippen MR) is 87.7 cm³/mol. The summed E-state index contributed by atoms with van der Waals surface area (Å²) in [7, 11) is 0. The number of nitrogens with zero attached hydrogens (tertiary/aromatic N) is 2. The maximum atomic E-state index is 12.9. The van der Waals surface area contributed by atoms with Gasteiger partial charge in [0.05, 0.1) is 4.92 Å². The molecule has 24 heavy (non-hydrogen) atoms. The number of nitro groups is 1. The van der Waals surface area contributed by atoms with Gasteiger partial charge >= 0.3 is 0 Å². The molecule has 0 aromatic heterocycles. The number of ether oxygens (including phenoxy) is 1. The van der Waals surface area contributed by atoms with E-state index in [1.165, 1.54) is 12.1 Å². The van der Waals surface area contributed by atoms with Crippen LogP contribution in [0, 0.1) is 10.1 Å². The van der Waals surface area contributed by atoms with Gasteiger partial charge in [-0.05, 0) is 30.5 Å². The molecule has 0 unspecified atom stereocenters. The van der Waals surface area contributed by atoms with Crippen LogP contribution in [0.25, 0.3) is 0 Å². The number of amides is 1. The highest BCUT2D eigenvalue weighted by Gasteiger charge is 2.64. The molecular formula is C18H16N2O4. The largest absolute Gasteiger partial charge is 0.363 e. The van der Waals surface area contributed by atoms with Gasteiger partial charge in [-0.15, -0.1) is 0 Å². The number of nitro benzene ring substituents is 1. The van der Waals surface area contributed by atoms with Crippen molar-refractivity contribution in [2.75, 3.05) is 11.5 Å². The van der Waals surface area contributed by atoms with Crippen LogP contribution in [0.4, 0.5) is 11.4 Å². The van der Waals surface area contributed by atoms with E-state index in [2.05, 4.69) is 0 Å². The summed E-state index contributed by atoms with van der Waals surface area (Å²) in [5.41, 5.74) is 0.885. The lowest BCUT2D eigenvalue weighted by molar-refractivity contribution is -0.384. The quantitative estimate of drug-likeness (QED) is 0.493. The second kappa shape index (κ2) is 5.42. The van der Waals surface area contributed by atoms with Crippen molar-refractivity contribution in [2.24, 2.45) is 0 Å². The van der Waals surface area contributed by atoms with Gasteiger partial charge in [0.1, 0.15) is 6.04 Å². The molecular weight excluding hydrogens is 308 g/mol. The minimum Gasteiger partial charge on any atom is -0.363 e. The van der Waals surface area contributed by atoms with Gasteiger partial charge in [-0.3, -0.25) is 19.8 Å². The standard InChI is InChI=1S/C18H16N2O4/c21-17-18(11-4-12-24-18)16(13-5-2-1-3-6-13)19(17)14-7-9-15(10-8-14)20(22)23/h1-3,5-10,16H,4,11-12H2/t16-,18+/m0/s1. The third-order valence-electron chi connectivity index (χ3n) is 4.79. The number of carbonyl (C=O) groups is 1. The van der Waals surface area contributed by atoms with Gasteiger partial charge < -0.3 is 4.74 Å². The molecule has 122 valence electrons. The number of β-lactam (4-membered cyclic amide) rings is 1. The summed E-state index contributed by atoms with van der Waals surface area (Å²) in [6, 6.07) is 15.7. The molecule has 2 aromatic rings. The second-order valence-corrected chi connectivity index (χ2v) is 6.10. The molecule has 6 nitrogen and oxygen atoms in total. The minimum absolute atomic E-state index is 0.00909. The lowest BCUT2D eigenvalue weighted by Crippen LogP contribution is -2.68. The van der Waals surface area contributed by atoms with Crippen molar-refractivity contribution in [3.05, 3.63) is 70.3 Å². The van der Waals surface area contributed by atoms with Gasteiger partial charge in [0.25, 0.3) is 11.6 Å². The van der Waals surface area contributed by atoms with E-state index in [0.29, 0.717) is 18.7 Å².